The van der Waals surface area contributed by atoms with Crippen molar-refractivity contribution in [3.8, 4) is 0 Å². The summed E-state index contributed by atoms with van der Waals surface area (Å²) in [4.78, 5) is 0. The van der Waals surface area contributed by atoms with Crippen LogP contribution in [0, 0.1) is 5.82 Å². The molecule has 0 aliphatic heterocycles. The predicted molar refractivity (Wildman–Crippen MR) is 90.2 cm³/mol. The third-order valence-corrected chi connectivity index (χ3v) is 5.34. The van der Waals surface area contributed by atoms with Gasteiger partial charge in [-0.1, -0.05) is 49.1 Å². The molecule has 3 aromatic rings. The number of halogens is 1. The molecule has 0 aliphatic carbocycles. The van der Waals surface area contributed by atoms with Crippen molar-refractivity contribution in [3.05, 3.63) is 59.9 Å². The standard InChI is InChI=1S/C17H20FN3Si/c1-22(2,3)12-17(13-8-10-14(18)11-9-13)21-16-7-5-4-6-15(16)19-20-21/h4-11,17H,12H2,1-3H3/t17-/m0/s1. The molecule has 5 heteroatoms. The van der Waals surface area contributed by atoms with E-state index in [4.69, 9.17) is 0 Å². The molecule has 0 bridgehead atoms. The van der Waals surface area contributed by atoms with Gasteiger partial charge in [0.05, 0.1) is 11.6 Å². The Kier molecular flexibility index (Phi) is 3.82. The SMILES string of the molecule is C[Si](C)(C)C[C@@H](c1ccc(F)cc1)n1nnc2ccccc21. The second-order valence-electron chi connectivity index (χ2n) is 6.85. The fourth-order valence-corrected chi connectivity index (χ4v) is 4.30. The summed E-state index contributed by atoms with van der Waals surface area (Å²) in [6, 6.07) is 15.9. The molecule has 3 rings (SSSR count). The van der Waals surface area contributed by atoms with Gasteiger partial charge in [-0.2, -0.15) is 0 Å². The predicted octanol–water partition coefficient (Wildman–Crippen LogP) is 4.50. The Morgan fingerprint density at radius 3 is 2.41 bits per heavy atom. The van der Waals surface area contributed by atoms with Crippen molar-refractivity contribution in [1.29, 1.82) is 0 Å². The van der Waals surface area contributed by atoms with Crippen LogP contribution in [0.15, 0.2) is 48.5 Å². The van der Waals surface area contributed by atoms with E-state index in [9.17, 15) is 4.39 Å². The lowest BCUT2D eigenvalue weighted by atomic mass is 10.1. The maximum absolute atomic E-state index is 13.3. The van der Waals surface area contributed by atoms with Crippen LogP contribution < -0.4 is 0 Å². The molecule has 0 saturated heterocycles. The second kappa shape index (κ2) is 5.65. The smallest absolute Gasteiger partial charge is 0.123 e. The van der Waals surface area contributed by atoms with Gasteiger partial charge >= 0.3 is 0 Å². The van der Waals surface area contributed by atoms with E-state index >= 15 is 0 Å². The van der Waals surface area contributed by atoms with Crippen LogP contribution in [-0.4, -0.2) is 23.1 Å². The third-order valence-electron chi connectivity index (χ3n) is 3.73. The minimum atomic E-state index is -1.34. The van der Waals surface area contributed by atoms with Gasteiger partial charge in [0.25, 0.3) is 0 Å². The Morgan fingerprint density at radius 1 is 1.05 bits per heavy atom. The molecule has 0 spiro atoms. The molecule has 2 aromatic carbocycles. The Morgan fingerprint density at radius 2 is 1.73 bits per heavy atom. The summed E-state index contributed by atoms with van der Waals surface area (Å²) in [6.07, 6.45) is 0. The number of rotatable bonds is 4. The molecule has 0 saturated carbocycles. The van der Waals surface area contributed by atoms with Crippen LogP contribution >= 0.6 is 0 Å². The van der Waals surface area contributed by atoms with Gasteiger partial charge in [0.1, 0.15) is 11.3 Å². The molecule has 3 nitrogen and oxygen atoms in total. The zero-order chi connectivity index (χ0) is 15.7. The van der Waals surface area contributed by atoms with E-state index in [0.29, 0.717) is 0 Å². The molecule has 22 heavy (non-hydrogen) atoms. The largest absolute Gasteiger partial charge is 0.237 e. The van der Waals surface area contributed by atoms with Crippen molar-refractivity contribution < 1.29 is 4.39 Å². The molecular weight excluding hydrogens is 293 g/mol. The zero-order valence-corrected chi connectivity index (χ0v) is 14.1. The number of nitrogens with zero attached hydrogens (tertiary/aromatic N) is 3. The van der Waals surface area contributed by atoms with Gasteiger partial charge in [0.2, 0.25) is 0 Å². The van der Waals surface area contributed by atoms with Gasteiger partial charge in [-0.05, 0) is 35.9 Å². The van der Waals surface area contributed by atoms with Crippen molar-refractivity contribution >= 4 is 19.1 Å². The normalized spacial score (nSPS) is 13.5. The molecule has 0 unspecified atom stereocenters. The lowest BCUT2D eigenvalue weighted by molar-refractivity contribution is 0.552. The average molecular weight is 313 g/mol. The molecule has 0 fully saturated rings. The highest BCUT2D eigenvalue weighted by Gasteiger charge is 2.25. The van der Waals surface area contributed by atoms with Crippen LogP contribution in [0.3, 0.4) is 0 Å². The van der Waals surface area contributed by atoms with Gasteiger partial charge in [0, 0.05) is 8.07 Å². The van der Waals surface area contributed by atoms with E-state index in [0.717, 1.165) is 22.6 Å². The van der Waals surface area contributed by atoms with Gasteiger partial charge in [-0.15, -0.1) is 5.10 Å². The molecule has 1 heterocycles. The first-order valence-electron chi connectivity index (χ1n) is 7.49. The van der Waals surface area contributed by atoms with Crippen LogP contribution in [0.2, 0.25) is 25.7 Å². The van der Waals surface area contributed by atoms with Crippen LogP contribution in [0.4, 0.5) is 4.39 Å². The van der Waals surface area contributed by atoms with Crippen molar-refractivity contribution in [3.63, 3.8) is 0 Å². The summed E-state index contributed by atoms with van der Waals surface area (Å²) in [5.41, 5.74) is 3.00. The quantitative estimate of drug-likeness (QED) is 0.664. The number of fused-ring (bicyclic) bond motifs is 1. The minimum Gasteiger partial charge on any atom is -0.237 e. The topological polar surface area (TPSA) is 30.7 Å². The van der Waals surface area contributed by atoms with E-state index in [-0.39, 0.29) is 11.9 Å². The summed E-state index contributed by atoms with van der Waals surface area (Å²) < 4.78 is 15.2. The molecular formula is C17H20FN3Si. The number of aromatic nitrogens is 3. The monoisotopic (exact) mass is 313 g/mol. The molecule has 0 N–H and O–H groups in total. The molecule has 1 atom stereocenters. The summed E-state index contributed by atoms with van der Waals surface area (Å²) >= 11 is 0. The van der Waals surface area contributed by atoms with Crippen LogP contribution in [-0.2, 0) is 0 Å². The lowest BCUT2D eigenvalue weighted by Crippen LogP contribution is -2.27. The highest BCUT2D eigenvalue weighted by Crippen LogP contribution is 2.30. The van der Waals surface area contributed by atoms with Gasteiger partial charge in [-0.3, -0.25) is 0 Å². The van der Waals surface area contributed by atoms with Crippen molar-refractivity contribution in [2.45, 2.75) is 31.7 Å². The maximum Gasteiger partial charge on any atom is 0.123 e. The average Bonchev–Trinajstić information content (AvgIpc) is 2.89. The number of benzene rings is 2. The highest BCUT2D eigenvalue weighted by atomic mass is 28.3. The summed E-state index contributed by atoms with van der Waals surface area (Å²) in [5.74, 6) is -0.209. The molecule has 1 aromatic heterocycles. The number of hydrogen-bond acceptors (Lipinski definition) is 2. The van der Waals surface area contributed by atoms with Crippen LogP contribution in [0.25, 0.3) is 11.0 Å². The molecule has 114 valence electrons. The van der Waals surface area contributed by atoms with E-state index in [2.05, 4.69) is 30.0 Å². The van der Waals surface area contributed by atoms with Crippen molar-refractivity contribution in [2.24, 2.45) is 0 Å². The first kappa shape index (κ1) is 14.9. The highest BCUT2D eigenvalue weighted by molar-refractivity contribution is 6.76. The van der Waals surface area contributed by atoms with Crippen LogP contribution in [0.1, 0.15) is 11.6 Å². The third kappa shape index (κ3) is 3.09. The summed E-state index contributed by atoms with van der Waals surface area (Å²) in [7, 11) is -1.34. The Balaban J connectivity index is 2.10. The lowest BCUT2D eigenvalue weighted by Gasteiger charge is -2.25. The Hall–Kier alpha value is -2.01. The van der Waals surface area contributed by atoms with Gasteiger partial charge < -0.3 is 0 Å². The van der Waals surface area contributed by atoms with Crippen molar-refractivity contribution in [1.82, 2.24) is 15.0 Å². The number of para-hydroxylation sites is 1. The number of hydrogen-bond donors (Lipinski definition) is 0. The van der Waals surface area contributed by atoms with E-state index < -0.39 is 8.07 Å². The first-order chi connectivity index (χ1) is 10.4. The zero-order valence-electron chi connectivity index (χ0n) is 13.1. The first-order valence-corrected chi connectivity index (χ1v) is 11.2. The summed E-state index contributed by atoms with van der Waals surface area (Å²) in [5, 5.41) is 8.64. The molecule has 0 radical (unpaired) electrons. The van der Waals surface area contributed by atoms with Gasteiger partial charge in [-0.25, -0.2) is 9.07 Å². The fraction of sp³-hybridized carbons (Fsp3) is 0.294. The van der Waals surface area contributed by atoms with Crippen LogP contribution in [0.5, 0.6) is 0 Å². The van der Waals surface area contributed by atoms with E-state index in [1.54, 1.807) is 0 Å². The van der Waals surface area contributed by atoms with E-state index in [1.165, 1.54) is 12.1 Å². The van der Waals surface area contributed by atoms with Crippen molar-refractivity contribution in [2.75, 3.05) is 0 Å². The molecule has 0 amide bonds. The Bertz CT molecular complexity index is 774. The minimum absolute atomic E-state index is 0.0969. The summed E-state index contributed by atoms with van der Waals surface area (Å²) in [6.45, 7) is 7.01. The fourth-order valence-electron chi connectivity index (χ4n) is 2.73. The maximum atomic E-state index is 13.3. The van der Waals surface area contributed by atoms with E-state index in [1.807, 2.05) is 41.1 Å². The second-order valence-corrected chi connectivity index (χ2v) is 12.4. The molecule has 0 aliphatic rings. The van der Waals surface area contributed by atoms with Gasteiger partial charge in [0.15, 0.2) is 0 Å². The Labute approximate surface area is 130 Å².